The largest absolute Gasteiger partial charge is 0.390 e. The van der Waals surface area contributed by atoms with Gasteiger partial charge in [0.1, 0.15) is 5.82 Å². The van der Waals surface area contributed by atoms with Crippen LogP contribution in [0.2, 0.25) is 5.02 Å². The van der Waals surface area contributed by atoms with E-state index in [0.29, 0.717) is 10.7 Å². The lowest BCUT2D eigenvalue weighted by atomic mass is 10.1. The quantitative estimate of drug-likeness (QED) is 0.821. The van der Waals surface area contributed by atoms with E-state index in [-0.39, 0.29) is 6.61 Å². The Balaban J connectivity index is 2.44. The van der Waals surface area contributed by atoms with E-state index in [1.54, 1.807) is 6.20 Å². The molecule has 0 amide bonds. The number of aliphatic hydroxyl groups is 1. The van der Waals surface area contributed by atoms with Gasteiger partial charge in [0.2, 0.25) is 0 Å². The molecule has 0 atom stereocenters. The summed E-state index contributed by atoms with van der Waals surface area (Å²) in [4.78, 5) is 7.22. The molecule has 2 rings (SSSR count). The fourth-order valence-electron chi connectivity index (χ4n) is 1.47. The molecule has 0 aliphatic heterocycles. The van der Waals surface area contributed by atoms with Crippen molar-refractivity contribution in [3.8, 4) is 11.4 Å². The highest BCUT2D eigenvalue weighted by molar-refractivity contribution is 6.30. The molecule has 0 aliphatic carbocycles. The predicted molar refractivity (Wildman–Crippen MR) is 59.7 cm³/mol. The number of hydrogen-bond acceptors (Lipinski definition) is 2. The average Bonchev–Trinajstić information content (AvgIpc) is 2.66. The van der Waals surface area contributed by atoms with Gasteiger partial charge in [0.25, 0.3) is 0 Å². The van der Waals surface area contributed by atoms with Gasteiger partial charge in [-0.15, -0.1) is 0 Å². The van der Waals surface area contributed by atoms with E-state index < -0.39 is 0 Å². The number of hydrogen-bond donors (Lipinski definition) is 2. The second kappa shape index (κ2) is 4.04. The van der Waals surface area contributed by atoms with Gasteiger partial charge in [0.05, 0.1) is 18.5 Å². The lowest BCUT2D eigenvalue weighted by Gasteiger charge is -2.02. The molecule has 0 spiro atoms. The molecule has 1 aromatic carbocycles. The van der Waals surface area contributed by atoms with Crippen molar-refractivity contribution in [2.75, 3.05) is 0 Å². The second-order valence-corrected chi connectivity index (χ2v) is 3.81. The van der Waals surface area contributed by atoms with Crippen LogP contribution in [-0.4, -0.2) is 15.1 Å². The molecule has 0 saturated heterocycles. The van der Waals surface area contributed by atoms with Gasteiger partial charge in [0, 0.05) is 10.6 Å². The summed E-state index contributed by atoms with van der Waals surface area (Å²) in [5, 5.41) is 9.63. The number of aromatic amines is 1. The molecule has 1 aromatic heterocycles. The number of benzene rings is 1. The summed E-state index contributed by atoms with van der Waals surface area (Å²) in [6.45, 7) is 1.95. The van der Waals surface area contributed by atoms with Crippen molar-refractivity contribution in [3.63, 3.8) is 0 Å². The minimum Gasteiger partial charge on any atom is -0.390 e. The van der Waals surface area contributed by atoms with E-state index in [9.17, 15) is 0 Å². The normalized spacial score (nSPS) is 10.6. The summed E-state index contributed by atoms with van der Waals surface area (Å²) in [5.74, 6) is 0.758. The molecule has 15 heavy (non-hydrogen) atoms. The number of H-pyrrole nitrogens is 1. The Morgan fingerprint density at radius 2 is 2.27 bits per heavy atom. The molecule has 1 heterocycles. The van der Waals surface area contributed by atoms with Crippen LogP contribution in [0.3, 0.4) is 0 Å². The van der Waals surface area contributed by atoms with Crippen molar-refractivity contribution in [1.29, 1.82) is 0 Å². The zero-order valence-electron chi connectivity index (χ0n) is 8.29. The molecular weight excluding hydrogens is 212 g/mol. The Hall–Kier alpha value is -1.32. The summed E-state index contributed by atoms with van der Waals surface area (Å²) in [7, 11) is 0. The molecule has 0 bridgehead atoms. The SMILES string of the molecule is Cc1cc(Cl)ccc1-c1ncc(CO)[nH]1. The first-order chi connectivity index (χ1) is 7.20. The molecule has 0 unspecified atom stereocenters. The van der Waals surface area contributed by atoms with Crippen molar-refractivity contribution in [3.05, 3.63) is 40.7 Å². The van der Waals surface area contributed by atoms with Crippen molar-refractivity contribution >= 4 is 11.6 Å². The lowest BCUT2D eigenvalue weighted by molar-refractivity contribution is 0.277. The lowest BCUT2D eigenvalue weighted by Crippen LogP contribution is -1.86. The number of aromatic nitrogens is 2. The number of aryl methyl sites for hydroxylation is 1. The number of nitrogens with zero attached hydrogens (tertiary/aromatic N) is 1. The van der Waals surface area contributed by atoms with Gasteiger partial charge in [-0.05, 0) is 30.7 Å². The molecular formula is C11H11ClN2O. The zero-order valence-corrected chi connectivity index (χ0v) is 9.04. The van der Waals surface area contributed by atoms with E-state index in [2.05, 4.69) is 9.97 Å². The molecule has 4 heteroatoms. The van der Waals surface area contributed by atoms with Gasteiger partial charge in [-0.2, -0.15) is 0 Å². The maximum absolute atomic E-state index is 8.92. The molecule has 2 N–H and O–H groups in total. The molecule has 3 nitrogen and oxygen atoms in total. The van der Waals surface area contributed by atoms with Gasteiger partial charge in [0.15, 0.2) is 0 Å². The van der Waals surface area contributed by atoms with Gasteiger partial charge in [-0.25, -0.2) is 4.98 Å². The van der Waals surface area contributed by atoms with Crippen molar-refractivity contribution in [2.45, 2.75) is 13.5 Å². The van der Waals surface area contributed by atoms with E-state index in [4.69, 9.17) is 16.7 Å². The summed E-state index contributed by atoms with van der Waals surface area (Å²) in [5.41, 5.74) is 2.76. The van der Waals surface area contributed by atoms with Crippen LogP contribution in [0.1, 0.15) is 11.3 Å². The van der Waals surface area contributed by atoms with Crippen molar-refractivity contribution < 1.29 is 5.11 Å². The Kier molecular flexibility index (Phi) is 2.75. The molecule has 2 aromatic rings. The van der Waals surface area contributed by atoms with Crippen LogP contribution in [0, 0.1) is 6.92 Å². The van der Waals surface area contributed by atoms with E-state index in [1.165, 1.54) is 0 Å². The van der Waals surface area contributed by atoms with Crippen LogP contribution in [0.5, 0.6) is 0 Å². The smallest absolute Gasteiger partial charge is 0.137 e. The third-order valence-electron chi connectivity index (χ3n) is 2.24. The van der Waals surface area contributed by atoms with Crippen molar-refractivity contribution in [1.82, 2.24) is 9.97 Å². The number of aliphatic hydroxyl groups excluding tert-OH is 1. The van der Waals surface area contributed by atoms with Crippen LogP contribution in [0.4, 0.5) is 0 Å². The first-order valence-electron chi connectivity index (χ1n) is 4.62. The van der Waals surface area contributed by atoms with Gasteiger partial charge in [-0.1, -0.05) is 11.6 Å². The third kappa shape index (κ3) is 2.03. The van der Waals surface area contributed by atoms with E-state index in [1.807, 2.05) is 25.1 Å². The van der Waals surface area contributed by atoms with Gasteiger partial charge >= 0.3 is 0 Å². The van der Waals surface area contributed by atoms with E-state index >= 15 is 0 Å². The zero-order chi connectivity index (χ0) is 10.8. The van der Waals surface area contributed by atoms with Crippen LogP contribution < -0.4 is 0 Å². The molecule has 0 saturated carbocycles. The van der Waals surface area contributed by atoms with Gasteiger partial charge in [-0.3, -0.25) is 0 Å². The molecule has 0 fully saturated rings. The number of rotatable bonds is 2. The van der Waals surface area contributed by atoms with E-state index in [0.717, 1.165) is 17.0 Å². The molecule has 0 radical (unpaired) electrons. The van der Waals surface area contributed by atoms with Gasteiger partial charge < -0.3 is 10.1 Å². The molecule has 78 valence electrons. The number of imidazole rings is 1. The first-order valence-corrected chi connectivity index (χ1v) is 5.00. The number of halogens is 1. The number of nitrogens with one attached hydrogen (secondary N) is 1. The standard InChI is InChI=1S/C11H11ClN2O/c1-7-4-8(12)2-3-10(7)11-13-5-9(6-15)14-11/h2-5,15H,6H2,1H3,(H,13,14). The van der Waals surface area contributed by atoms with Crippen molar-refractivity contribution in [2.24, 2.45) is 0 Å². The minimum atomic E-state index is -0.0281. The maximum atomic E-state index is 8.92. The highest BCUT2D eigenvalue weighted by atomic mass is 35.5. The predicted octanol–water partition coefficient (Wildman–Crippen LogP) is 2.53. The van der Waals surface area contributed by atoms with Crippen LogP contribution >= 0.6 is 11.6 Å². The fraction of sp³-hybridized carbons (Fsp3) is 0.182. The van der Waals surface area contributed by atoms with Crippen LogP contribution in [-0.2, 0) is 6.61 Å². The maximum Gasteiger partial charge on any atom is 0.137 e. The Labute approximate surface area is 92.7 Å². The summed E-state index contributed by atoms with van der Waals surface area (Å²) < 4.78 is 0. The fourth-order valence-corrected chi connectivity index (χ4v) is 1.70. The van der Waals surface area contributed by atoms with Crippen LogP contribution in [0.15, 0.2) is 24.4 Å². The average molecular weight is 223 g/mol. The summed E-state index contributed by atoms with van der Waals surface area (Å²) in [6.07, 6.45) is 1.63. The minimum absolute atomic E-state index is 0.0281. The highest BCUT2D eigenvalue weighted by Gasteiger charge is 2.06. The first kappa shape index (κ1) is 10.2. The Morgan fingerprint density at radius 3 is 2.87 bits per heavy atom. The van der Waals surface area contributed by atoms with Crippen LogP contribution in [0.25, 0.3) is 11.4 Å². The summed E-state index contributed by atoms with van der Waals surface area (Å²) in [6, 6.07) is 5.63. The summed E-state index contributed by atoms with van der Waals surface area (Å²) >= 11 is 5.87. The topological polar surface area (TPSA) is 48.9 Å². The Morgan fingerprint density at radius 1 is 1.47 bits per heavy atom. The third-order valence-corrected chi connectivity index (χ3v) is 2.48. The monoisotopic (exact) mass is 222 g/mol. The highest BCUT2D eigenvalue weighted by Crippen LogP contribution is 2.23. The second-order valence-electron chi connectivity index (χ2n) is 3.37. The Bertz CT molecular complexity index is 479. The molecule has 0 aliphatic rings.